The van der Waals surface area contributed by atoms with Crippen molar-refractivity contribution < 1.29 is 23.5 Å². The molecular weight excluding hydrogens is 265 g/mol. The Balaban J connectivity index is 2.11. The summed E-state index contributed by atoms with van der Waals surface area (Å²) in [6.07, 6.45) is 0.973. The SMILES string of the molecule is COC(=O)C1(F)CC2CCC(C1)N2C(=O)OC(C)(C)C. The summed E-state index contributed by atoms with van der Waals surface area (Å²) >= 11 is 0. The third kappa shape index (κ3) is 2.74. The van der Waals surface area contributed by atoms with Gasteiger partial charge in [-0.2, -0.15) is 0 Å². The van der Waals surface area contributed by atoms with Gasteiger partial charge in [-0.05, 0) is 33.6 Å². The minimum Gasteiger partial charge on any atom is -0.467 e. The van der Waals surface area contributed by atoms with E-state index in [2.05, 4.69) is 4.74 Å². The molecule has 5 nitrogen and oxygen atoms in total. The van der Waals surface area contributed by atoms with Crippen molar-refractivity contribution in [1.82, 2.24) is 4.90 Å². The number of piperidine rings is 1. The molecule has 0 aromatic rings. The third-order valence-corrected chi connectivity index (χ3v) is 3.89. The highest BCUT2D eigenvalue weighted by Crippen LogP contribution is 2.43. The third-order valence-electron chi connectivity index (χ3n) is 3.89. The zero-order chi connectivity index (χ0) is 15.1. The molecule has 6 heteroatoms. The number of fused-ring (bicyclic) bond motifs is 2. The Kier molecular flexibility index (Phi) is 3.69. The van der Waals surface area contributed by atoms with Crippen LogP contribution in [0.15, 0.2) is 0 Å². The summed E-state index contributed by atoms with van der Waals surface area (Å²) in [5.74, 6) is -0.835. The first-order valence-corrected chi connectivity index (χ1v) is 6.95. The van der Waals surface area contributed by atoms with Crippen LogP contribution in [0.3, 0.4) is 0 Å². The number of hydrogen-bond donors (Lipinski definition) is 0. The van der Waals surface area contributed by atoms with Gasteiger partial charge in [0, 0.05) is 24.9 Å². The van der Waals surface area contributed by atoms with E-state index in [4.69, 9.17) is 4.74 Å². The molecule has 0 aromatic carbocycles. The van der Waals surface area contributed by atoms with Crippen LogP contribution in [0.2, 0.25) is 0 Å². The second-order valence-electron chi connectivity index (χ2n) is 6.64. The molecule has 2 bridgehead atoms. The molecule has 2 rings (SSSR count). The van der Waals surface area contributed by atoms with Gasteiger partial charge in [0.05, 0.1) is 7.11 Å². The average molecular weight is 287 g/mol. The Hall–Kier alpha value is -1.33. The fourth-order valence-corrected chi connectivity index (χ4v) is 3.15. The highest BCUT2D eigenvalue weighted by molar-refractivity contribution is 5.80. The van der Waals surface area contributed by atoms with Crippen molar-refractivity contribution in [1.29, 1.82) is 0 Å². The van der Waals surface area contributed by atoms with E-state index in [9.17, 15) is 14.0 Å². The number of halogens is 1. The van der Waals surface area contributed by atoms with Gasteiger partial charge in [0.15, 0.2) is 0 Å². The van der Waals surface area contributed by atoms with E-state index in [1.165, 1.54) is 7.11 Å². The first kappa shape index (κ1) is 15.1. The zero-order valence-electron chi connectivity index (χ0n) is 12.4. The van der Waals surface area contributed by atoms with Crippen LogP contribution in [-0.4, -0.2) is 47.4 Å². The van der Waals surface area contributed by atoms with Crippen LogP contribution in [0.4, 0.5) is 9.18 Å². The highest BCUT2D eigenvalue weighted by Gasteiger charge is 2.55. The lowest BCUT2D eigenvalue weighted by molar-refractivity contribution is -0.160. The Labute approximate surface area is 118 Å². The lowest BCUT2D eigenvalue weighted by Crippen LogP contribution is -2.55. The summed E-state index contributed by atoms with van der Waals surface area (Å²) in [6, 6.07) is -0.569. The van der Waals surface area contributed by atoms with Crippen LogP contribution in [0.1, 0.15) is 46.5 Å². The van der Waals surface area contributed by atoms with Crippen LogP contribution < -0.4 is 0 Å². The monoisotopic (exact) mass is 287 g/mol. The molecule has 1 amide bonds. The molecule has 0 aliphatic carbocycles. The number of rotatable bonds is 1. The summed E-state index contributed by atoms with van der Waals surface area (Å²) in [5.41, 5.74) is -2.55. The van der Waals surface area contributed by atoms with Gasteiger partial charge in [-0.15, -0.1) is 0 Å². The van der Waals surface area contributed by atoms with Gasteiger partial charge in [-0.1, -0.05) is 0 Å². The molecule has 2 atom stereocenters. The average Bonchev–Trinajstić information content (AvgIpc) is 2.59. The summed E-state index contributed by atoms with van der Waals surface area (Å²) in [6.45, 7) is 5.39. The van der Waals surface area contributed by atoms with Crippen LogP contribution >= 0.6 is 0 Å². The Bertz CT molecular complexity index is 404. The van der Waals surface area contributed by atoms with Crippen LogP contribution in [-0.2, 0) is 14.3 Å². The maximum atomic E-state index is 14.6. The second-order valence-corrected chi connectivity index (χ2v) is 6.64. The second kappa shape index (κ2) is 4.90. The van der Waals surface area contributed by atoms with E-state index in [0.717, 1.165) is 0 Å². The standard InChI is InChI=1S/C14H22FNO4/c1-13(2,3)20-12(18)16-9-5-6-10(16)8-14(15,7-9)11(17)19-4/h9-10H,5-8H2,1-4H3. The van der Waals surface area contributed by atoms with E-state index >= 15 is 0 Å². The molecular formula is C14H22FNO4. The normalized spacial score (nSPS) is 33.0. The van der Waals surface area contributed by atoms with Crippen molar-refractivity contribution in [2.75, 3.05) is 7.11 Å². The zero-order valence-corrected chi connectivity index (χ0v) is 12.4. The number of carbonyl (C=O) groups excluding carboxylic acids is 2. The van der Waals surface area contributed by atoms with Gasteiger partial charge in [0.1, 0.15) is 5.60 Å². The molecule has 0 aromatic heterocycles. The number of amides is 1. The van der Waals surface area contributed by atoms with Crippen molar-refractivity contribution in [2.45, 2.75) is 69.8 Å². The van der Waals surface area contributed by atoms with Crippen LogP contribution in [0.5, 0.6) is 0 Å². The molecule has 0 spiro atoms. The van der Waals surface area contributed by atoms with E-state index in [1.807, 2.05) is 0 Å². The molecule has 0 N–H and O–H groups in total. The topological polar surface area (TPSA) is 55.8 Å². The molecule has 20 heavy (non-hydrogen) atoms. The molecule has 114 valence electrons. The molecule has 2 saturated heterocycles. The lowest BCUT2D eigenvalue weighted by Gasteiger charge is -2.41. The predicted octanol–water partition coefficient (Wildman–Crippen LogP) is 2.43. The molecule has 2 fully saturated rings. The molecule has 2 aliphatic rings. The van der Waals surface area contributed by atoms with E-state index in [1.54, 1.807) is 25.7 Å². The van der Waals surface area contributed by atoms with Gasteiger partial charge in [0.25, 0.3) is 0 Å². The largest absolute Gasteiger partial charge is 0.467 e. The fourth-order valence-electron chi connectivity index (χ4n) is 3.15. The highest BCUT2D eigenvalue weighted by atomic mass is 19.1. The van der Waals surface area contributed by atoms with Crippen molar-refractivity contribution in [3.05, 3.63) is 0 Å². The summed E-state index contributed by atoms with van der Waals surface area (Å²) in [5, 5.41) is 0. The van der Waals surface area contributed by atoms with Gasteiger partial charge >= 0.3 is 12.1 Å². The van der Waals surface area contributed by atoms with Crippen LogP contribution in [0, 0.1) is 0 Å². The van der Waals surface area contributed by atoms with E-state index < -0.39 is 23.3 Å². The summed E-state index contributed by atoms with van der Waals surface area (Å²) in [7, 11) is 1.19. The van der Waals surface area contributed by atoms with Gasteiger partial charge in [-0.3, -0.25) is 0 Å². The van der Waals surface area contributed by atoms with Crippen molar-refractivity contribution >= 4 is 12.1 Å². The number of nitrogens with zero attached hydrogens (tertiary/aromatic N) is 1. The Morgan fingerprint density at radius 2 is 1.70 bits per heavy atom. The van der Waals surface area contributed by atoms with E-state index in [-0.39, 0.29) is 24.9 Å². The molecule has 2 unspecified atom stereocenters. The Morgan fingerprint density at radius 3 is 2.10 bits per heavy atom. The first-order chi connectivity index (χ1) is 9.16. The fraction of sp³-hybridized carbons (Fsp3) is 0.857. The Morgan fingerprint density at radius 1 is 1.20 bits per heavy atom. The molecule has 0 radical (unpaired) electrons. The van der Waals surface area contributed by atoms with Gasteiger partial charge in [-0.25, -0.2) is 14.0 Å². The summed E-state index contributed by atoms with van der Waals surface area (Å²) < 4.78 is 24.5. The smallest absolute Gasteiger partial charge is 0.410 e. The van der Waals surface area contributed by atoms with Crippen molar-refractivity contribution in [3.8, 4) is 0 Å². The lowest BCUT2D eigenvalue weighted by atomic mass is 9.88. The van der Waals surface area contributed by atoms with Crippen molar-refractivity contribution in [3.63, 3.8) is 0 Å². The molecule has 2 heterocycles. The minimum atomic E-state index is -1.97. The van der Waals surface area contributed by atoms with Gasteiger partial charge in [0.2, 0.25) is 5.67 Å². The van der Waals surface area contributed by atoms with Crippen molar-refractivity contribution in [2.24, 2.45) is 0 Å². The van der Waals surface area contributed by atoms with Crippen LogP contribution in [0.25, 0.3) is 0 Å². The summed E-state index contributed by atoms with van der Waals surface area (Å²) in [4.78, 5) is 25.4. The molecule has 2 aliphatic heterocycles. The number of ether oxygens (including phenoxy) is 2. The van der Waals surface area contributed by atoms with E-state index in [0.29, 0.717) is 12.8 Å². The first-order valence-electron chi connectivity index (χ1n) is 6.95. The number of alkyl halides is 1. The number of carbonyl (C=O) groups is 2. The molecule has 0 saturated carbocycles. The minimum absolute atomic E-state index is 0.00455. The number of methoxy groups -OCH3 is 1. The quantitative estimate of drug-likeness (QED) is 0.695. The number of esters is 1. The number of hydrogen-bond acceptors (Lipinski definition) is 4. The maximum Gasteiger partial charge on any atom is 0.410 e. The maximum absolute atomic E-state index is 14.6. The van der Waals surface area contributed by atoms with Gasteiger partial charge < -0.3 is 14.4 Å². The predicted molar refractivity (Wildman–Crippen MR) is 70.0 cm³/mol.